The van der Waals surface area contributed by atoms with Crippen molar-refractivity contribution >= 4 is 11.5 Å². The lowest BCUT2D eigenvalue weighted by atomic mass is 10.0. The summed E-state index contributed by atoms with van der Waals surface area (Å²) in [6.45, 7) is 5.01. The van der Waals surface area contributed by atoms with Crippen molar-refractivity contribution in [1.82, 2.24) is 24.5 Å². The van der Waals surface area contributed by atoms with Crippen molar-refractivity contribution in [1.29, 1.82) is 0 Å². The van der Waals surface area contributed by atoms with E-state index in [1.54, 1.807) is 10.7 Å². The first kappa shape index (κ1) is 21.8. The van der Waals surface area contributed by atoms with Crippen LogP contribution in [0, 0.1) is 17.6 Å². The lowest BCUT2D eigenvalue weighted by molar-refractivity contribution is 0.0341. The highest BCUT2D eigenvalue weighted by atomic mass is 19.1. The molecule has 0 radical (unpaired) electrons. The summed E-state index contributed by atoms with van der Waals surface area (Å²) in [6, 6.07) is 9.76. The van der Waals surface area contributed by atoms with Crippen LogP contribution in [0.4, 0.5) is 14.6 Å². The molecule has 0 bridgehead atoms. The molecule has 2 saturated heterocycles. The summed E-state index contributed by atoms with van der Waals surface area (Å²) in [4.78, 5) is 14.2. The third-order valence-corrected chi connectivity index (χ3v) is 7.89. The highest BCUT2D eigenvalue weighted by molar-refractivity contribution is 5.75. The average molecular weight is 489 g/mol. The van der Waals surface area contributed by atoms with Crippen molar-refractivity contribution in [3.8, 4) is 11.3 Å². The number of hydrogen-bond acceptors (Lipinski definition) is 6. The van der Waals surface area contributed by atoms with Crippen molar-refractivity contribution in [2.75, 3.05) is 37.7 Å². The predicted octanol–water partition coefficient (Wildman–Crippen LogP) is 4.03. The minimum Gasteiger partial charge on any atom is -0.379 e. The van der Waals surface area contributed by atoms with E-state index < -0.39 is 11.4 Å². The Kier molecular flexibility index (Phi) is 5.04. The third-order valence-electron chi connectivity index (χ3n) is 7.89. The number of piperidine rings is 1. The van der Waals surface area contributed by atoms with E-state index in [9.17, 15) is 8.78 Å². The number of pyridine rings is 1. The summed E-state index contributed by atoms with van der Waals surface area (Å²) in [5.41, 5.74) is 3.39. The molecule has 7 rings (SSSR count). The van der Waals surface area contributed by atoms with Gasteiger partial charge in [-0.1, -0.05) is 6.07 Å². The number of fused-ring (bicyclic) bond motifs is 2. The quantitative estimate of drug-likeness (QED) is 0.423. The van der Waals surface area contributed by atoms with E-state index in [-0.39, 0.29) is 5.82 Å². The molecule has 3 fully saturated rings. The second-order valence-corrected chi connectivity index (χ2v) is 9.94. The zero-order valence-corrected chi connectivity index (χ0v) is 19.8. The molecular weight excluding hydrogens is 462 g/mol. The molecule has 0 N–H and O–H groups in total. The molecule has 7 nitrogen and oxygen atoms in total. The summed E-state index contributed by atoms with van der Waals surface area (Å²) in [5.74, 6) is 0.273. The number of halogens is 2. The Bertz CT molecular complexity index is 1430. The molecule has 9 heteroatoms. The van der Waals surface area contributed by atoms with Crippen molar-refractivity contribution in [2.45, 2.75) is 24.9 Å². The standard InChI is InChI=1S/C27H26F2N6O/c28-20-2-3-23(29)22(13-20)27-14-19(27)5-7-34(27)25-6-8-35-26(32-25)21(16-31-35)24-4-1-18(15-30-24)17-33-9-11-36-12-10-33/h1-4,6,8,13,15-16,19H,5,7,9-12,14,17H2/t19-,27+/m0/s1. The van der Waals surface area contributed by atoms with Crippen LogP contribution in [0.2, 0.25) is 0 Å². The summed E-state index contributed by atoms with van der Waals surface area (Å²) in [5, 5.41) is 4.47. The van der Waals surface area contributed by atoms with Gasteiger partial charge in [0.2, 0.25) is 0 Å². The molecule has 3 aliphatic rings. The molecule has 184 valence electrons. The summed E-state index contributed by atoms with van der Waals surface area (Å²) in [6.07, 6.45) is 7.30. The maximum absolute atomic E-state index is 14.8. The molecule has 5 heterocycles. The average Bonchev–Trinajstić information content (AvgIpc) is 3.28. The number of aromatic nitrogens is 4. The molecule has 1 aliphatic carbocycles. The Morgan fingerprint density at radius 3 is 2.72 bits per heavy atom. The van der Waals surface area contributed by atoms with E-state index in [0.717, 1.165) is 74.9 Å². The molecule has 3 aromatic heterocycles. The van der Waals surface area contributed by atoms with Gasteiger partial charge in [-0.25, -0.2) is 18.3 Å². The fourth-order valence-electron chi connectivity index (χ4n) is 5.98. The van der Waals surface area contributed by atoms with Gasteiger partial charge in [-0.2, -0.15) is 5.10 Å². The fourth-order valence-corrected chi connectivity index (χ4v) is 5.98. The molecular formula is C27H26F2N6O. The molecule has 4 aromatic rings. The van der Waals surface area contributed by atoms with Crippen LogP contribution in [0.15, 0.2) is 55.0 Å². The van der Waals surface area contributed by atoms with E-state index >= 15 is 0 Å². The van der Waals surface area contributed by atoms with Gasteiger partial charge in [0, 0.05) is 44.1 Å². The van der Waals surface area contributed by atoms with Crippen LogP contribution >= 0.6 is 0 Å². The lowest BCUT2D eigenvalue weighted by Crippen LogP contribution is -2.35. The summed E-state index contributed by atoms with van der Waals surface area (Å²) < 4.78 is 36.0. The van der Waals surface area contributed by atoms with Crippen LogP contribution in [-0.4, -0.2) is 57.3 Å². The number of nitrogens with zero attached hydrogens (tertiary/aromatic N) is 6. The molecule has 0 spiro atoms. The first-order valence-electron chi connectivity index (χ1n) is 12.4. The van der Waals surface area contributed by atoms with E-state index in [2.05, 4.69) is 21.0 Å². The first-order valence-corrected chi connectivity index (χ1v) is 12.4. The number of benzene rings is 1. The van der Waals surface area contributed by atoms with Gasteiger partial charge in [-0.15, -0.1) is 0 Å². The second kappa shape index (κ2) is 8.31. The van der Waals surface area contributed by atoms with Crippen LogP contribution in [-0.2, 0) is 16.8 Å². The van der Waals surface area contributed by atoms with E-state index in [1.165, 1.54) is 18.2 Å². The second-order valence-electron chi connectivity index (χ2n) is 9.94. The number of ether oxygens (including phenoxy) is 1. The maximum atomic E-state index is 14.8. The van der Waals surface area contributed by atoms with Crippen molar-refractivity contribution in [3.63, 3.8) is 0 Å². The molecule has 36 heavy (non-hydrogen) atoms. The van der Waals surface area contributed by atoms with E-state index in [1.807, 2.05) is 24.5 Å². The van der Waals surface area contributed by atoms with Crippen LogP contribution in [0.3, 0.4) is 0 Å². The monoisotopic (exact) mass is 488 g/mol. The molecule has 2 aliphatic heterocycles. The Labute approximate surface area is 207 Å². The van der Waals surface area contributed by atoms with Crippen LogP contribution < -0.4 is 4.90 Å². The lowest BCUT2D eigenvalue weighted by Gasteiger charge is -2.30. The summed E-state index contributed by atoms with van der Waals surface area (Å²) in [7, 11) is 0. The topological polar surface area (TPSA) is 58.8 Å². The Morgan fingerprint density at radius 1 is 1.03 bits per heavy atom. The van der Waals surface area contributed by atoms with E-state index in [4.69, 9.17) is 14.7 Å². The Hall–Kier alpha value is -3.43. The van der Waals surface area contributed by atoms with Gasteiger partial charge in [0.15, 0.2) is 5.65 Å². The van der Waals surface area contributed by atoms with Gasteiger partial charge < -0.3 is 9.64 Å². The summed E-state index contributed by atoms with van der Waals surface area (Å²) >= 11 is 0. The van der Waals surface area contributed by atoms with Gasteiger partial charge in [0.05, 0.1) is 36.2 Å². The first-order chi connectivity index (χ1) is 17.6. The van der Waals surface area contributed by atoms with Gasteiger partial charge in [-0.3, -0.25) is 9.88 Å². The molecule has 1 saturated carbocycles. The normalized spacial score (nSPS) is 23.8. The zero-order chi connectivity index (χ0) is 24.3. The highest BCUT2D eigenvalue weighted by Gasteiger charge is 2.64. The van der Waals surface area contributed by atoms with Gasteiger partial charge in [-0.05, 0) is 54.7 Å². The Morgan fingerprint density at radius 2 is 1.92 bits per heavy atom. The highest BCUT2D eigenvalue weighted by Crippen LogP contribution is 2.63. The largest absolute Gasteiger partial charge is 0.379 e. The molecule has 1 aromatic carbocycles. The smallest absolute Gasteiger partial charge is 0.166 e. The zero-order valence-electron chi connectivity index (χ0n) is 19.8. The maximum Gasteiger partial charge on any atom is 0.166 e. The number of rotatable bonds is 5. The van der Waals surface area contributed by atoms with Gasteiger partial charge in [0.1, 0.15) is 17.5 Å². The Balaban J connectivity index is 1.20. The van der Waals surface area contributed by atoms with Gasteiger partial charge >= 0.3 is 0 Å². The minimum absolute atomic E-state index is 0.303. The predicted molar refractivity (Wildman–Crippen MR) is 130 cm³/mol. The van der Waals surface area contributed by atoms with Crippen molar-refractivity contribution in [2.24, 2.45) is 5.92 Å². The van der Waals surface area contributed by atoms with Crippen molar-refractivity contribution < 1.29 is 13.5 Å². The van der Waals surface area contributed by atoms with Crippen LogP contribution in [0.1, 0.15) is 24.0 Å². The molecule has 2 atom stereocenters. The number of hydrogen-bond donors (Lipinski definition) is 0. The fraction of sp³-hybridized carbons (Fsp3) is 0.370. The van der Waals surface area contributed by atoms with Gasteiger partial charge in [0.25, 0.3) is 0 Å². The number of anilines is 1. The molecule has 0 unspecified atom stereocenters. The van der Waals surface area contributed by atoms with Crippen LogP contribution in [0.5, 0.6) is 0 Å². The molecule has 0 amide bonds. The minimum atomic E-state index is -0.531. The van der Waals surface area contributed by atoms with Crippen molar-refractivity contribution in [3.05, 3.63) is 77.8 Å². The third kappa shape index (κ3) is 3.49. The SMILES string of the molecule is Fc1ccc(F)c([C@@]23C[C@@H]2CCN3c2ccn3ncc(-c4ccc(CN5CCOCC5)cn4)c3n2)c1. The van der Waals surface area contributed by atoms with E-state index in [0.29, 0.717) is 17.1 Å². The number of morpholine rings is 1. The van der Waals surface area contributed by atoms with Crippen LogP contribution in [0.25, 0.3) is 16.9 Å².